The quantitative estimate of drug-likeness (QED) is 0.851. The maximum Gasteiger partial charge on any atom is 0.248 e. The molecule has 1 aliphatic carbocycles. The van der Waals surface area contributed by atoms with Crippen LogP contribution in [0.1, 0.15) is 37.1 Å². The zero-order valence-corrected chi connectivity index (χ0v) is 13.6. The minimum absolute atomic E-state index is 0.194. The van der Waals surface area contributed by atoms with E-state index in [9.17, 15) is 8.42 Å². The highest BCUT2D eigenvalue weighted by Crippen LogP contribution is 2.51. The molecule has 21 heavy (non-hydrogen) atoms. The zero-order valence-electron chi connectivity index (χ0n) is 12.8. The van der Waals surface area contributed by atoms with Gasteiger partial charge in [-0.05, 0) is 44.9 Å². The van der Waals surface area contributed by atoms with Gasteiger partial charge in [0.25, 0.3) is 0 Å². The van der Waals surface area contributed by atoms with Crippen LogP contribution in [0.25, 0.3) is 0 Å². The monoisotopic (exact) mass is 314 g/mol. The van der Waals surface area contributed by atoms with Gasteiger partial charge in [0.05, 0.1) is 6.10 Å². The first-order valence-electron chi connectivity index (χ1n) is 7.36. The molecule has 1 aromatic heterocycles. The highest BCUT2D eigenvalue weighted by Gasteiger charge is 2.50. The van der Waals surface area contributed by atoms with Crippen LogP contribution >= 0.6 is 0 Å². The van der Waals surface area contributed by atoms with Crippen molar-refractivity contribution in [3.8, 4) is 0 Å². The van der Waals surface area contributed by atoms with Crippen molar-refractivity contribution in [2.75, 3.05) is 20.2 Å². The first-order chi connectivity index (χ1) is 9.90. The number of hydrogen-bond acceptors (Lipinski definition) is 5. The van der Waals surface area contributed by atoms with Gasteiger partial charge >= 0.3 is 0 Å². The van der Waals surface area contributed by atoms with Crippen molar-refractivity contribution in [3.63, 3.8) is 0 Å². The summed E-state index contributed by atoms with van der Waals surface area (Å²) in [7, 11) is -1.75. The molecule has 2 heterocycles. The Bertz CT molecular complexity index is 608. The van der Waals surface area contributed by atoms with Crippen molar-refractivity contribution in [2.45, 2.75) is 50.5 Å². The number of rotatable bonds is 3. The van der Waals surface area contributed by atoms with E-state index in [1.54, 1.807) is 25.3 Å². The average Bonchev–Trinajstić information content (AvgIpc) is 2.78. The fraction of sp³-hybridized carbons (Fsp3) is 0.786. The molecule has 1 aromatic rings. The summed E-state index contributed by atoms with van der Waals surface area (Å²) in [5.74, 6) is 0.367. The molecule has 0 radical (unpaired) electrons. The summed E-state index contributed by atoms with van der Waals surface area (Å²) in [5.41, 5.74) is 0.630. The Balaban J connectivity index is 1.78. The van der Waals surface area contributed by atoms with Crippen LogP contribution in [0.3, 0.4) is 0 Å². The molecular formula is C14H22N2O4S. The molecule has 0 N–H and O–H groups in total. The third-order valence-electron chi connectivity index (χ3n) is 5.16. The minimum atomic E-state index is -3.50. The molecule has 2 fully saturated rings. The van der Waals surface area contributed by atoms with E-state index in [2.05, 4.69) is 5.16 Å². The van der Waals surface area contributed by atoms with Crippen molar-refractivity contribution in [1.82, 2.24) is 9.46 Å². The maximum absolute atomic E-state index is 12.8. The van der Waals surface area contributed by atoms with E-state index in [0.29, 0.717) is 30.6 Å². The lowest BCUT2D eigenvalue weighted by Crippen LogP contribution is -2.53. The fourth-order valence-corrected chi connectivity index (χ4v) is 5.49. The molecule has 118 valence electrons. The highest BCUT2D eigenvalue weighted by molar-refractivity contribution is 7.89. The second-order valence-electron chi connectivity index (χ2n) is 6.18. The molecule has 0 aromatic carbocycles. The summed E-state index contributed by atoms with van der Waals surface area (Å²) in [6.45, 7) is 4.41. The molecule has 2 aliphatic rings. The van der Waals surface area contributed by atoms with Crippen LogP contribution < -0.4 is 0 Å². The van der Waals surface area contributed by atoms with Crippen LogP contribution in [0, 0.1) is 19.3 Å². The number of hydrogen-bond donors (Lipinski definition) is 0. The Hall–Kier alpha value is -0.920. The topological polar surface area (TPSA) is 72.6 Å². The molecule has 0 bridgehead atoms. The summed E-state index contributed by atoms with van der Waals surface area (Å²) >= 11 is 0. The van der Waals surface area contributed by atoms with Gasteiger partial charge in [-0.15, -0.1) is 0 Å². The van der Waals surface area contributed by atoms with Crippen molar-refractivity contribution in [3.05, 3.63) is 11.5 Å². The summed E-state index contributed by atoms with van der Waals surface area (Å²) in [4.78, 5) is 0.232. The van der Waals surface area contributed by atoms with Gasteiger partial charge in [0.2, 0.25) is 10.0 Å². The van der Waals surface area contributed by atoms with Gasteiger partial charge < -0.3 is 9.26 Å². The zero-order chi connectivity index (χ0) is 15.3. The Labute approximate surface area is 125 Å². The third-order valence-corrected chi connectivity index (χ3v) is 7.30. The van der Waals surface area contributed by atoms with E-state index >= 15 is 0 Å². The lowest BCUT2D eigenvalue weighted by molar-refractivity contribution is -0.113. The number of sulfonamides is 1. The molecule has 1 aliphatic heterocycles. The van der Waals surface area contributed by atoms with Crippen molar-refractivity contribution in [2.24, 2.45) is 5.41 Å². The van der Waals surface area contributed by atoms with E-state index in [0.717, 1.165) is 25.7 Å². The van der Waals surface area contributed by atoms with E-state index in [-0.39, 0.29) is 10.3 Å². The van der Waals surface area contributed by atoms with E-state index in [1.165, 1.54) is 0 Å². The number of methoxy groups -OCH3 is 1. The van der Waals surface area contributed by atoms with Crippen molar-refractivity contribution in [1.29, 1.82) is 0 Å². The first kappa shape index (κ1) is 15.0. The molecule has 0 unspecified atom stereocenters. The second-order valence-corrected chi connectivity index (χ2v) is 8.06. The van der Waals surface area contributed by atoms with Crippen LogP contribution in [0.2, 0.25) is 0 Å². The molecule has 1 saturated carbocycles. The Morgan fingerprint density at radius 1 is 1.29 bits per heavy atom. The molecule has 0 amide bonds. The lowest BCUT2D eigenvalue weighted by atomic mass is 9.61. The molecule has 1 saturated heterocycles. The van der Waals surface area contributed by atoms with Crippen LogP contribution in [0.5, 0.6) is 0 Å². The molecule has 1 atom stereocenters. The highest BCUT2D eigenvalue weighted by atomic mass is 32.2. The summed E-state index contributed by atoms with van der Waals surface area (Å²) in [6, 6.07) is 0. The van der Waals surface area contributed by atoms with Crippen LogP contribution in [-0.2, 0) is 14.8 Å². The largest absolute Gasteiger partial charge is 0.381 e. The second kappa shape index (κ2) is 5.07. The molecule has 7 heteroatoms. The van der Waals surface area contributed by atoms with Gasteiger partial charge in [0.1, 0.15) is 10.6 Å². The summed E-state index contributed by atoms with van der Waals surface area (Å²) in [5, 5.41) is 3.76. The van der Waals surface area contributed by atoms with Crippen molar-refractivity contribution < 1.29 is 17.7 Å². The van der Waals surface area contributed by atoms with Gasteiger partial charge in [0, 0.05) is 20.2 Å². The SMILES string of the molecule is CO[C@H]1CCC12CCN(S(=O)(=O)c1c(C)noc1C)CC2. The predicted octanol–water partition coefficient (Wildman–Crippen LogP) is 1.87. The van der Waals surface area contributed by atoms with E-state index in [4.69, 9.17) is 9.26 Å². The van der Waals surface area contributed by atoms with Crippen LogP contribution in [-0.4, -0.2) is 44.2 Å². The van der Waals surface area contributed by atoms with E-state index in [1.807, 2.05) is 0 Å². The normalized spacial score (nSPS) is 26.0. The lowest BCUT2D eigenvalue weighted by Gasteiger charge is -2.52. The predicted molar refractivity (Wildman–Crippen MR) is 76.4 cm³/mol. The molecular weight excluding hydrogens is 292 g/mol. The van der Waals surface area contributed by atoms with Gasteiger partial charge in [0.15, 0.2) is 5.76 Å². The number of aromatic nitrogens is 1. The molecule has 3 rings (SSSR count). The standard InChI is InChI=1S/C14H22N2O4S/c1-10-13(11(2)20-15-10)21(17,18)16-8-6-14(7-9-16)5-4-12(14)19-3/h12H,4-9H2,1-3H3/t12-/m0/s1. The Morgan fingerprint density at radius 2 is 1.95 bits per heavy atom. The maximum atomic E-state index is 12.8. The number of aryl methyl sites for hydroxylation is 2. The minimum Gasteiger partial charge on any atom is -0.381 e. The van der Waals surface area contributed by atoms with Crippen molar-refractivity contribution >= 4 is 10.0 Å². The third kappa shape index (κ3) is 2.22. The van der Waals surface area contributed by atoms with Gasteiger partial charge in [-0.2, -0.15) is 4.31 Å². The summed E-state index contributed by atoms with van der Waals surface area (Å²) < 4.78 is 37.6. The van der Waals surface area contributed by atoms with Gasteiger partial charge in [-0.3, -0.25) is 0 Å². The van der Waals surface area contributed by atoms with Gasteiger partial charge in [-0.25, -0.2) is 8.42 Å². The molecule has 6 nitrogen and oxygen atoms in total. The van der Waals surface area contributed by atoms with Crippen LogP contribution in [0.15, 0.2) is 9.42 Å². The number of piperidine rings is 1. The number of ether oxygens (including phenoxy) is 1. The van der Waals surface area contributed by atoms with Gasteiger partial charge in [-0.1, -0.05) is 5.16 Å². The molecule has 1 spiro atoms. The van der Waals surface area contributed by atoms with E-state index < -0.39 is 10.0 Å². The Kier molecular flexibility index (Phi) is 3.62. The average molecular weight is 314 g/mol. The number of nitrogens with zero attached hydrogens (tertiary/aromatic N) is 2. The fourth-order valence-electron chi connectivity index (χ4n) is 3.75. The van der Waals surface area contributed by atoms with Crippen LogP contribution in [0.4, 0.5) is 0 Å². The summed E-state index contributed by atoms with van der Waals surface area (Å²) in [6.07, 6.45) is 4.27. The first-order valence-corrected chi connectivity index (χ1v) is 8.80. The Morgan fingerprint density at radius 3 is 2.38 bits per heavy atom. The smallest absolute Gasteiger partial charge is 0.248 e.